The molecule has 1 saturated heterocycles. The Kier molecular flexibility index (Phi) is 3.39. The van der Waals surface area contributed by atoms with Crippen molar-refractivity contribution in [3.05, 3.63) is 30.3 Å². The minimum Gasteiger partial charge on any atom is -0.467 e. The van der Waals surface area contributed by atoms with E-state index in [4.69, 9.17) is 9.47 Å². The van der Waals surface area contributed by atoms with E-state index in [0.717, 1.165) is 10.9 Å². The number of hydrogen-bond donors (Lipinski definition) is 3. The van der Waals surface area contributed by atoms with Crippen molar-refractivity contribution >= 4 is 10.9 Å². The van der Waals surface area contributed by atoms with E-state index in [1.165, 1.54) is 0 Å². The third-order valence-corrected chi connectivity index (χ3v) is 3.61. The van der Waals surface area contributed by atoms with Gasteiger partial charge in [0.15, 0.2) is 18.3 Å². The molecule has 20 heavy (non-hydrogen) atoms. The number of rotatable bonds is 2. The summed E-state index contributed by atoms with van der Waals surface area (Å²) in [5.74, 6) is 0.493. The second kappa shape index (κ2) is 5.06. The van der Waals surface area contributed by atoms with E-state index in [1.807, 2.05) is 41.9 Å². The van der Waals surface area contributed by atoms with E-state index in [2.05, 4.69) is 0 Å². The van der Waals surface area contributed by atoms with Gasteiger partial charge in [0.25, 0.3) is 0 Å². The first-order chi connectivity index (χ1) is 9.58. The molecule has 3 rings (SSSR count). The molecule has 0 aliphatic carbocycles. The SMILES string of the molecule is Cn1c(O[C@@H]2[C@@H](O)[C@@H](O)CO[C@H]2O)cc2ccccc21. The summed E-state index contributed by atoms with van der Waals surface area (Å²) in [4.78, 5) is 0. The highest BCUT2D eigenvalue weighted by Crippen LogP contribution is 2.27. The second-order valence-electron chi connectivity index (χ2n) is 4.96. The Morgan fingerprint density at radius 3 is 2.75 bits per heavy atom. The molecule has 1 aliphatic rings. The Labute approximate surface area is 115 Å². The van der Waals surface area contributed by atoms with Crippen molar-refractivity contribution in [1.82, 2.24) is 4.57 Å². The lowest BCUT2D eigenvalue weighted by Crippen LogP contribution is -2.55. The van der Waals surface area contributed by atoms with Crippen LogP contribution in [-0.2, 0) is 11.8 Å². The third kappa shape index (κ3) is 2.16. The van der Waals surface area contributed by atoms with E-state index in [1.54, 1.807) is 0 Å². The molecule has 108 valence electrons. The molecule has 3 N–H and O–H groups in total. The van der Waals surface area contributed by atoms with E-state index in [-0.39, 0.29) is 6.61 Å². The Morgan fingerprint density at radius 2 is 2.00 bits per heavy atom. The van der Waals surface area contributed by atoms with Crippen LogP contribution in [-0.4, -0.2) is 51.1 Å². The maximum absolute atomic E-state index is 9.91. The third-order valence-electron chi connectivity index (χ3n) is 3.61. The molecular formula is C14H17NO5. The summed E-state index contributed by atoms with van der Waals surface area (Å²) in [6.45, 7) is -0.114. The highest BCUT2D eigenvalue weighted by Gasteiger charge is 2.40. The van der Waals surface area contributed by atoms with Crippen LogP contribution in [0.15, 0.2) is 30.3 Å². The molecule has 0 saturated carbocycles. The summed E-state index contributed by atoms with van der Waals surface area (Å²) in [6, 6.07) is 9.55. The number of para-hydroxylation sites is 1. The molecule has 0 spiro atoms. The maximum Gasteiger partial charge on any atom is 0.195 e. The highest BCUT2D eigenvalue weighted by molar-refractivity contribution is 5.82. The summed E-state index contributed by atoms with van der Waals surface area (Å²) in [5, 5.41) is 30.2. The van der Waals surface area contributed by atoms with Crippen LogP contribution in [0.4, 0.5) is 0 Å². The summed E-state index contributed by atoms with van der Waals surface area (Å²) in [7, 11) is 1.83. The van der Waals surface area contributed by atoms with Crippen LogP contribution < -0.4 is 4.74 Å². The van der Waals surface area contributed by atoms with E-state index in [0.29, 0.717) is 5.88 Å². The van der Waals surface area contributed by atoms with Crippen molar-refractivity contribution in [2.24, 2.45) is 7.05 Å². The molecular weight excluding hydrogens is 262 g/mol. The van der Waals surface area contributed by atoms with Gasteiger partial charge >= 0.3 is 0 Å². The maximum atomic E-state index is 9.91. The molecule has 1 fully saturated rings. The number of ether oxygens (including phenoxy) is 2. The number of benzene rings is 1. The first-order valence-corrected chi connectivity index (χ1v) is 6.45. The molecule has 6 nitrogen and oxygen atoms in total. The molecule has 4 atom stereocenters. The van der Waals surface area contributed by atoms with E-state index in [9.17, 15) is 15.3 Å². The smallest absolute Gasteiger partial charge is 0.195 e. The zero-order valence-electron chi connectivity index (χ0n) is 11.0. The fraction of sp³-hybridized carbons (Fsp3) is 0.429. The number of aromatic nitrogens is 1. The van der Waals surface area contributed by atoms with Crippen molar-refractivity contribution in [1.29, 1.82) is 0 Å². The zero-order chi connectivity index (χ0) is 14.3. The average molecular weight is 279 g/mol. The monoisotopic (exact) mass is 279 g/mol. The van der Waals surface area contributed by atoms with Crippen LogP contribution in [0, 0.1) is 0 Å². The largest absolute Gasteiger partial charge is 0.467 e. The van der Waals surface area contributed by atoms with Crippen molar-refractivity contribution < 1.29 is 24.8 Å². The molecule has 2 aromatic rings. The van der Waals surface area contributed by atoms with Crippen LogP contribution in [0.1, 0.15) is 0 Å². The van der Waals surface area contributed by atoms with E-state index < -0.39 is 24.6 Å². The molecule has 0 unspecified atom stereocenters. The van der Waals surface area contributed by atoms with Gasteiger partial charge in [-0.15, -0.1) is 0 Å². The zero-order valence-corrected chi connectivity index (χ0v) is 11.0. The summed E-state index contributed by atoms with van der Waals surface area (Å²) >= 11 is 0. The predicted molar refractivity (Wildman–Crippen MR) is 71.3 cm³/mol. The molecule has 6 heteroatoms. The molecule has 0 amide bonds. The number of hydrogen-bond acceptors (Lipinski definition) is 5. The van der Waals surface area contributed by atoms with Crippen molar-refractivity contribution in [3.8, 4) is 5.88 Å². The van der Waals surface area contributed by atoms with Gasteiger partial charge in [-0.1, -0.05) is 18.2 Å². The summed E-state index contributed by atoms with van der Waals surface area (Å²) in [5.41, 5.74) is 0.976. The summed E-state index contributed by atoms with van der Waals surface area (Å²) < 4.78 is 12.4. The van der Waals surface area contributed by atoms with Gasteiger partial charge < -0.3 is 29.4 Å². The lowest BCUT2D eigenvalue weighted by Gasteiger charge is -2.35. The Morgan fingerprint density at radius 1 is 1.25 bits per heavy atom. The van der Waals surface area contributed by atoms with Gasteiger partial charge in [0.05, 0.1) is 12.1 Å². The van der Waals surface area contributed by atoms with Crippen molar-refractivity contribution in [3.63, 3.8) is 0 Å². The molecule has 2 heterocycles. The molecule has 0 bridgehead atoms. The van der Waals surface area contributed by atoms with Crippen molar-refractivity contribution in [2.45, 2.75) is 24.6 Å². The minimum absolute atomic E-state index is 0.114. The topological polar surface area (TPSA) is 84.1 Å². The lowest BCUT2D eigenvalue weighted by atomic mass is 10.1. The van der Waals surface area contributed by atoms with Crippen molar-refractivity contribution in [2.75, 3.05) is 6.61 Å². The van der Waals surface area contributed by atoms with Crippen LogP contribution in [0.5, 0.6) is 5.88 Å². The van der Waals surface area contributed by atoms with Gasteiger partial charge in [-0.05, 0) is 6.07 Å². The van der Waals surface area contributed by atoms with Crippen LogP contribution in [0.2, 0.25) is 0 Å². The predicted octanol–water partition coefficient (Wildman–Crippen LogP) is -0.00390. The minimum atomic E-state index is -1.27. The van der Waals surface area contributed by atoms with Crippen LogP contribution in [0.25, 0.3) is 10.9 Å². The van der Waals surface area contributed by atoms with Gasteiger partial charge in [-0.2, -0.15) is 0 Å². The number of nitrogens with zero attached hydrogens (tertiary/aromatic N) is 1. The van der Waals surface area contributed by atoms with E-state index >= 15 is 0 Å². The normalized spacial score (nSPS) is 30.6. The standard InChI is InChI=1S/C14H17NO5/c1-15-9-5-3-2-4-8(9)6-11(15)20-13-12(17)10(16)7-19-14(13)18/h2-6,10,12-14,16-18H,7H2,1H3/t10-,12-,13+,14+/m0/s1. The fourth-order valence-corrected chi connectivity index (χ4v) is 2.42. The second-order valence-corrected chi connectivity index (χ2v) is 4.96. The fourth-order valence-electron chi connectivity index (χ4n) is 2.42. The first kappa shape index (κ1) is 13.4. The average Bonchev–Trinajstić information content (AvgIpc) is 2.76. The highest BCUT2D eigenvalue weighted by atomic mass is 16.6. The first-order valence-electron chi connectivity index (χ1n) is 6.45. The molecule has 1 aromatic carbocycles. The number of aryl methyl sites for hydroxylation is 1. The summed E-state index contributed by atoms with van der Waals surface area (Å²) in [6.07, 6.45) is -4.57. The number of aliphatic hydroxyl groups is 3. The van der Waals surface area contributed by atoms with Crippen LogP contribution in [0.3, 0.4) is 0 Å². The lowest BCUT2D eigenvalue weighted by molar-refractivity contribution is -0.245. The van der Waals surface area contributed by atoms with Gasteiger partial charge in [-0.3, -0.25) is 0 Å². The van der Waals surface area contributed by atoms with Gasteiger partial charge in [-0.25, -0.2) is 0 Å². The quantitative estimate of drug-likeness (QED) is 0.720. The number of fused-ring (bicyclic) bond motifs is 1. The van der Waals surface area contributed by atoms with Crippen LogP contribution >= 0.6 is 0 Å². The molecule has 1 aliphatic heterocycles. The Balaban J connectivity index is 1.90. The van der Waals surface area contributed by atoms with Gasteiger partial charge in [0, 0.05) is 18.5 Å². The van der Waals surface area contributed by atoms with Gasteiger partial charge in [0.1, 0.15) is 12.2 Å². The Hall–Kier alpha value is -1.60. The molecule has 0 radical (unpaired) electrons. The van der Waals surface area contributed by atoms with Gasteiger partial charge in [0.2, 0.25) is 0 Å². The molecule has 1 aromatic heterocycles. The number of aliphatic hydroxyl groups excluding tert-OH is 3. The Bertz CT molecular complexity index is 611.